The number of nitrogens with zero attached hydrogens (tertiary/aromatic N) is 3. The largest absolute Gasteiger partial charge is 0.484 e. The summed E-state index contributed by atoms with van der Waals surface area (Å²) in [6.45, 7) is 0.204. The highest BCUT2D eigenvalue weighted by molar-refractivity contribution is 7.13. The van der Waals surface area contributed by atoms with Gasteiger partial charge < -0.3 is 15.0 Å². The van der Waals surface area contributed by atoms with E-state index in [2.05, 4.69) is 15.1 Å². The summed E-state index contributed by atoms with van der Waals surface area (Å²) in [5, 5.41) is 3.87. The molecule has 0 radical (unpaired) electrons. The lowest BCUT2D eigenvalue weighted by Gasteiger charge is -2.02. The van der Waals surface area contributed by atoms with Crippen LogP contribution in [0.1, 0.15) is 5.89 Å². The molecule has 0 aliphatic carbocycles. The molecule has 0 amide bonds. The number of thiazole rings is 1. The predicted molar refractivity (Wildman–Crippen MR) is 70.6 cm³/mol. The van der Waals surface area contributed by atoms with E-state index in [0.29, 0.717) is 23.2 Å². The molecule has 2 aromatic heterocycles. The van der Waals surface area contributed by atoms with E-state index in [4.69, 9.17) is 15.0 Å². The van der Waals surface area contributed by atoms with Gasteiger partial charge in [-0.15, -0.1) is 11.3 Å². The molecule has 0 saturated carbocycles. The van der Waals surface area contributed by atoms with Crippen molar-refractivity contribution in [1.82, 2.24) is 15.1 Å². The summed E-state index contributed by atoms with van der Waals surface area (Å²) in [5.74, 6) is 1.59. The third kappa shape index (κ3) is 2.71. The number of hydrogen-bond donors (Lipinski definition) is 1. The SMILES string of the molecule is Nc1cccc(OCc2nc(-c3cncs3)no2)c1. The maximum Gasteiger partial charge on any atom is 0.264 e. The van der Waals surface area contributed by atoms with Gasteiger partial charge in [0.15, 0.2) is 6.61 Å². The molecule has 3 aromatic rings. The summed E-state index contributed by atoms with van der Waals surface area (Å²) in [4.78, 5) is 9.05. The van der Waals surface area contributed by atoms with Crippen LogP contribution in [0.2, 0.25) is 0 Å². The Morgan fingerprint density at radius 1 is 1.37 bits per heavy atom. The Morgan fingerprint density at radius 2 is 2.32 bits per heavy atom. The van der Waals surface area contributed by atoms with Gasteiger partial charge in [0.05, 0.1) is 10.4 Å². The van der Waals surface area contributed by atoms with Crippen molar-refractivity contribution in [2.45, 2.75) is 6.61 Å². The second kappa shape index (κ2) is 5.07. The maximum atomic E-state index is 5.66. The minimum absolute atomic E-state index is 0.204. The van der Waals surface area contributed by atoms with Gasteiger partial charge in [0.2, 0.25) is 5.82 Å². The molecule has 2 N–H and O–H groups in total. The molecule has 19 heavy (non-hydrogen) atoms. The molecule has 0 atom stereocenters. The Labute approximate surface area is 112 Å². The molecule has 6 nitrogen and oxygen atoms in total. The van der Waals surface area contributed by atoms with Crippen molar-refractivity contribution in [3.05, 3.63) is 41.9 Å². The van der Waals surface area contributed by atoms with Gasteiger partial charge in [-0.2, -0.15) is 4.98 Å². The second-order valence-corrected chi connectivity index (χ2v) is 4.62. The van der Waals surface area contributed by atoms with E-state index in [-0.39, 0.29) is 6.61 Å². The summed E-state index contributed by atoms with van der Waals surface area (Å²) in [7, 11) is 0. The lowest BCUT2D eigenvalue weighted by molar-refractivity contribution is 0.243. The van der Waals surface area contributed by atoms with Crippen molar-refractivity contribution in [2.75, 3.05) is 5.73 Å². The second-order valence-electron chi connectivity index (χ2n) is 3.74. The van der Waals surface area contributed by atoms with Crippen molar-refractivity contribution < 1.29 is 9.26 Å². The molecule has 0 saturated heterocycles. The first kappa shape index (κ1) is 11.7. The van der Waals surface area contributed by atoms with Crippen molar-refractivity contribution in [3.63, 3.8) is 0 Å². The summed E-state index contributed by atoms with van der Waals surface area (Å²) in [6.07, 6.45) is 1.69. The van der Waals surface area contributed by atoms with E-state index in [1.165, 1.54) is 11.3 Å². The number of benzene rings is 1. The van der Waals surface area contributed by atoms with Crippen LogP contribution in [0, 0.1) is 0 Å². The summed E-state index contributed by atoms with van der Waals surface area (Å²) in [6, 6.07) is 7.17. The zero-order valence-corrected chi connectivity index (χ0v) is 10.6. The number of aromatic nitrogens is 3. The number of hydrogen-bond acceptors (Lipinski definition) is 7. The van der Waals surface area contributed by atoms with Gasteiger partial charge in [0, 0.05) is 18.0 Å². The minimum Gasteiger partial charge on any atom is -0.484 e. The molecule has 0 aliphatic heterocycles. The minimum atomic E-state index is 0.204. The molecule has 0 spiro atoms. The average Bonchev–Trinajstić information content (AvgIpc) is 3.07. The van der Waals surface area contributed by atoms with E-state index in [9.17, 15) is 0 Å². The first-order valence-corrected chi connectivity index (χ1v) is 6.39. The highest BCUT2D eigenvalue weighted by Crippen LogP contribution is 2.20. The van der Waals surface area contributed by atoms with Crippen LogP contribution in [0.5, 0.6) is 5.75 Å². The topological polar surface area (TPSA) is 87.1 Å². The molecule has 2 heterocycles. The number of nitrogen functional groups attached to an aromatic ring is 1. The van der Waals surface area contributed by atoms with E-state index in [0.717, 1.165) is 4.88 Å². The number of nitrogens with two attached hydrogens (primary N) is 1. The molecular weight excluding hydrogens is 264 g/mol. The number of anilines is 1. The Balaban J connectivity index is 1.68. The Morgan fingerprint density at radius 3 is 3.11 bits per heavy atom. The standard InChI is InChI=1S/C12H10N4O2S/c13-8-2-1-3-9(4-8)17-6-11-15-12(16-18-11)10-5-14-7-19-10/h1-5,7H,6,13H2. The van der Waals surface area contributed by atoms with Crippen LogP contribution in [0.3, 0.4) is 0 Å². The normalized spacial score (nSPS) is 10.5. The van der Waals surface area contributed by atoms with Gasteiger partial charge in [-0.25, -0.2) is 0 Å². The Kier molecular flexibility index (Phi) is 3.11. The van der Waals surface area contributed by atoms with Crippen LogP contribution in [-0.2, 0) is 6.61 Å². The fourth-order valence-corrected chi connectivity index (χ4v) is 2.03. The first-order valence-electron chi connectivity index (χ1n) is 5.51. The molecule has 0 bridgehead atoms. The van der Waals surface area contributed by atoms with Crippen LogP contribution in [-0.4, -0.2) is 15.1 Å². The first-order chi connectivity index (χ1) is 9.31. The van der Waals surface area contributed by atoms with Gasteiger partial charge in [-0.05, 0) is 12.1 Å². The third-order valence-corrected chi connectivity index (χ3v) is 3.11. The van der Waals surface area contributed by atoms with Crippen molar-refractivity contribution >= 4 is 17.0 Å². The Bertz CT molecular complexity index is 666. The molecule has 96 valence electrons. The zero-order valence-electron chi connectivity index (χ0n) is 9.81. The van der Waals surface area contributed by atoms with Crippen LogP contribution < -0.4 is 10.5 Å². The predicted octanol–water partition coefficient (Wildman–Crippen LogP) is 2.35. The summed E-state index contributed by atoms with van der Waals surface area (Å²) < 4.78 is 10.6. The van der Waals surface area contributed by atoms with E-state index in [1.54, 1.807) is 23.8 Å². The molecule has 3 rings (SSSR count). The van der Waals surface area contributed by atoms with Gasteiger partial charge in [-0.3, -0.25) is 4.98 Å². The van der Waals surface area contributed by atoms with Crippen LogP contribution in [0.4, 0.5) is 5.69 Å². The lowest BCUT2D eigenvalue weighted by Crippen LogP contribution is -1.96. The monoisotopic (exact) mass is 274 g/mol. The van der Waals surface area contributed by atoms with Crippen molar-refractivity contribution in [3.8, 4) is 16.5 Å². The molecule has 0 aliphatic rings. The van der Waals surface area contributed by atoms with Crippen LogP contribution in [0.25, 0.3) is 10.7 Å². The van der Waals surface area contributed by atoms with Crippen molar-refractivity contribution in [2.24, 2.45) is 0 Å². The van der Waals surface area contributed by atoms with Crippen LogP contribution in [0.15, 0.2) is 40.5 Å². The third-order valence-electron chi connectivity index (χ3n) is 2.34. The average molecular weight is 274 g/mol. The molecule has 7 heteroatoms. The molecule has 0 unspecified atom stereocenters. The summed E-state index contributed by atoms with van der Waals surface area (Å²) in [5.41, 5.74) is 8.02. The molecule has 0 fully saturated rings. The van der Waals surface area contributed by atoms with E-state index in [1.807, 2.05) is 12.1 Å². The number of rotatable bonds is 4. The van der Waals surface area contributed by atoms with E-state index >= 15 is 0 Å². The zero-order chi connectivity index (χ0) is 13.1. The quantitative estimate of drug-likeness (QED) is 0.735. The summed E-state index contributed by atoms with van der Waals surface area (Å²) >= 11 is 1.45. The van der Waals surface area contributed by atoms with Crippen LogP contribution >= 0.6 is 11.3 Å². The molecular formula is C12H10N4O2S. The number of ether oxygens (including phenoxy) is 1. The lowest BCUT2D eigenvalue weighted by atomic mass is 10.3. The van der Waals surface area contributed by atoms with Gasteiger partial charge in [0.25, 0.3) is 5.89 Å². The fourth-order valence-electron chi connectivity index (χ4n) is 1.49. The van der Waals surface area contributed by atoms with Crippen molar-refractivity contribution in [1.29, 1.82) is 0 Å². The highest BCUT2D eigenvalue weighted by atomic mass is 32.1. The molecule has 1 aromatic carbocycles. The smallest absolute Gasteiger partial charge is 0.264 e. The Hall–Kier alpha value is -2.41. The maximum absolute atomic E-state index is 5.66. The van der Waals surface area contributed by atoms with E-state index < -0.39 is 0 Å². The van der Waals surface area contributed by atoms with Gasteiger partial charge >= 0.3 is 0 Å². The van der Waals surface area contributed by atoms with Gasteiger partial charge in [0.1, 0.15) is 5.75 Å². The highest BCUT2D eigenvalue weighted by Gasteiger charge is 2.10. The van der Waals surface area contributed by atoms with Gasteiger partial charge in [-0.1, -0.05) is 11.2 Å². The fraction of sp³-hybridized carbons (Fsp3) is 0.0833.